The molecule has 0 radical (unpaired) electrons. The summed E-state index contributed by atoms with van der Waals surface area (Å²) in [7, 11) is 0. The zero-order chi connectivity index (χ0) is 22.8. The molecule has 1 unspecified atom stereocenters. The maximum Gasteiger partial charge on any atom is 0.344 e. The van der Waals surface area contributed by atoms with Crippen molar-refractivity contribution in [3.8, 4) is 11.3 Å². The van der Waals surface area contributed by atoms with Crippen LogP contribution in [0.2, 0.25) is 0 Å². The van der Waals surface area contributed by atoms with Crippen LogP contribution in [0.25, 0.3) is 16.9 Å². The Labute approximate surface area is 195 Å². The Balaban J connectivity index is 1.34. The molecule has 5 rings (SSSR count). The highest BCUT2D eigenvalue weighted by Gasteiger charge is 2.26. The Morgan fingerprint density at radius 2 is 1.88 bits per heavy atom. The van der Waals surface area contributed by atoms with Gasteiger partial charge in [-0.2, -0.15) is 5.10 Å². The third kappa shape index (κ3) is 4.21. The van der Waals surface area contributed by atoms with Crippen LogP contribution in [-0.2, 0) is 9.53 Å². The quantitative estimate of drug-likeness (QED) is 0.420. The number of ether oxygens (including phenoxy) is 1. The van der Waals surface area contributed by atoms with Crippen molar-refractivity contribution in [2.24, 2.45) is 0 Å². The highest BCUT2D eigenvalue weighted by atomic mass is 32.2. The van der Waals surface area contributed by atoms with Gasteiger partial charge in [-0.3, -0.25) is 4.79 Å². The molecule has 0 bridgehead atoms. The largest absolute Gasteiger partial charge is 0.452 e. The fraction of sp³-hybridized carbons (Fsp3) is 0.200. The average Bonchev–Trinajstić information content (AvgIpc) is 3.20. The number of nitrogens with zero attached hydrogens (tertiary/aromatic N) is 4. The fourth-order valence-electron chi connectivity index (χ4n) is 3.89. The monoisotopic (exact) mass is 458 g/mol. The molecule has 1 aliphatic heterocycles. The number of fused-ring (bicyclic) bond motifs is 2. The van der Waals surface area contributed by atoms with Gasteiger partial charge in [0.15, 0.2) is 12.3 Å². The summed E-state index contributed by atoms with van der Waals surface area (Å²) in [6, 6.07) is 19.4. The molecule has 0 fully saturated rings. The highest BCUT2D eigenvalue weighted by molar-refractivity contribution is 8.00. The number of rotatable bonds is 4. The Hall–Kier alpha value is -3.65. The first-order valence-corrected chi connectivity index (χ1v) is 11.6. The average molecular weight is 459 g/mol. The lowest BCUT2D eigenvalue weighted by molar-refractivity contribution is -0.121. The van der Waals surface area contributed by atoms with Crippen LogP contribution in [0, 0.1) is 0 Å². The van der Waals surface area contributed by atoms with Gasteiger partial charge in [-0.1, -0.05) is 49.4 Å². The Morgan fingerprint density at radius 1 is 1.09 bits per heavy atom. The van der Waals surface area contributed by atoms with Gasteiger partial charge in [-0.25, -0.2) is 14.3 Å². The molecule has 2 aromatic carbocycles. The second kappa shape index (κ2) is 9.07. The van der Waals surface area contributed by atoms with E-state index in [1.54, 1.807) is 27.4 Å². The third-order valence-corrected chi connectivity index (χ3v) is 6.80. The molecule has 33 heavy (non-hydrogen) atoms. The lowest BCUT2D eigenvalue weighted by Gasteiger charge is -2.22. The van der Waals surface area contributed by atoms with Crippen molar-refractivity contribution in [3.05, 3.63) is 78.6 Å². The molecule has 1 aliphatic rings. The number of carbonyl (C=O) groups excluding carboxylic acids is 2. The lowest BCUT2D eigenvalue weighted by atomic mass is 10.1. The summed E-state index contributed by atoms with van der Waals surface area (Å²) in [6.45, 7) is 2.39. The first-order valence-electron chi connectivity index (χ1n) is 10.7. The van der Waals surface area contributed by atoms with E-state index in [4.69, 9.17) is 4.74 Å². The minimum Gasteiger partial charge on any atom is -0.452 e. The first kappa shape index (κ1) is 21.2. The summed E-state index contributed by atoms with van der Waals surface area (Å²) in [4.78, 5) is 32.9. The van der Waals surface area contributed by atoms with Gasteiger partial charge < -0.3 is 9.64 Å². The predicted molar refractivity (Wildman–Crippen MR) is 127 cm³/mol. The van der Waals surface area contributed by atoms with Gasteiger partial charge in [0.1, 0.15) is 5.56 Å². The molecule has 0 spiro atoms. The molecule has 8 heteroatoms. The molecule has 4 aromatic rings. The summed E-state index contributed by atoms with van der Waals surface area (Å²) in [6.07, 6.45) is 3.93. The Bertz CT molecular complexity index is 1320. The van der Waals surface area contributed by atoms with Crippen LogP contribution < -0.4 is 4.90 Å². The van der Waals surface area contributed by atoms with Gasteiger partial charge in [0.25, 0.3) is 5.91 Å². The maximum atomic E-state index is 13.0. The Morgan fingerprint density at radius 3 is 2.73 bits per heavy atom. The van der Waals surface area contributed by atoms with Crippen molar-refractivity contribution in [1.82, 2.24) is 14.6 Å². The van der Waals surface area contributed by atoms with Gasteiger partial charge in [-0.05, 0) is 24.6 Å². The van der Waals surface area contributed by atoms with Gasteiger partial charge in [-0.15, -0.1) is 11.8 Å². The summed E-state index contributed by atoms with van der Waals surface area (Å²) in [5, 5.41) is 4.74. The molecule has 7 nitrogen and oxygen atoms in total. The van der Waals surface area contributed by atoms with Crippen molar-refractivity contribution in [1.29, 1.82) is 0 Å². The summed E-state index contributed by atoms with van der Waals surface area (Å²) >= 11 is 1.76. The molecule has 0 aliphatic carbocycles. The molecule has 3 heterocycles. The number of para-hydroxylation sites is 1. The minimum atomic E-state index is -0.623. The normalized spacial score (nSPS) is 15.7. The van der Waals surface area contributed by atoms with E-state index in [9.17, 15) is 9.59 Å². The van der Waals surface area contributed by atoms with Crippen molar-refractivity contribution >= 4 is 35.0 Å². The van der Waals surface area contributed by atoms with E-state index in [1.807, 2.05) is 60.7 Å². The molecule has 1 amide bonds. The maximum absolute atomic E-state index is 13.0. The predicted octanol–water partition coefficient (Wildman–Crippen LogP) is 4.47. The zero-order valence-corrected chi connectivity index (χ0v) is 18.9. The van der Waals surface area contributed by atoms with Crippen LogP contribution >= 0.6 is 11.8 Å². The van der Waals surface area contributed by atoms with Crippen LogP contribution in [0.15, 0.2) is 78.0 Å². The van der Waals surface area contributed by atoms with Crippen LogP contribution in [-0.4, -0.2) is 44.9 Å². The van der Waals surface area contributed by atoms with Gasteiger partial charge in [0.05, 0.1) is 17.6 Å². The molecule has 0 saturated carbocycles. The number of amides is 1. The number of esters is 1. The van der Waals surface area contributed by atoms with E-state index in [1.165, 1.54) is 6.20 Å². The van der Waals surface area contributed by atoms with E-state index in [2.05, 4.69) is 17.0 Å². The highest BCUT2D eigenvalue weighted by Crippen LogP contribution is 2.37. The first-order chi connectivity index (χ1) is 16.1. The number of aromatic nitrogens is 3. The third-order valence-electron chi connectivity index (χ3n) is 5.56. The molecular formula is C25H22N4O3S. The van der Waals surface area contributed by atoms with E-state index >= 15 is 0 Å². The summed E-state index contributed by atoms with van der Waals surface area (Å²) in [5.41, 5.74) is 3.23. The van der Waals surface area contributed by atoms with Crippen molar-refractivity contribution < 1.29 is 14.3 Å². The van der Waals surface area contributed by atoms with Gasteiger partial charge >= 0.3 is 5.97 Å². The van der Waals surface area contributed by atoms with Gasteiger partial charge in [0.2, 0.25) is 0 Å². The van der Waals surface area contributed by atoms with E-state index in [0.717, 1.165) is 28.3 Å². The number of benzene rings is 2. The number of thioether (sulfide) groups is 1. The number of hydrogen-bond donors (Lipinski definition) is 0. The van der Waals surface area contributed by atoms with Gasteiger partial charge in [0, 0.05) is 28.5 Å². The number of carbonyl (C=O) groups is 2. The molecule has 1 atom stereocenters. The van der Waals surface area contributed by atoms with E-state index < -0.39 is 5.97 Å². The molecule has 2 aromatic heterocycles. The van der Waals surface area contributed by atoms with Crippen LogP contribution in [0.3, 0.4) is 0 Å². The standard InChI is InChI=1S/C25H22N4O3S/c1-17-12-14-28(21-9-5-6-10-22(21)33-17)23(30)16-32-25(31)19-15-27-29-20(11-13-26-24(19)29)18-7-3-2-4-8-18/h2-11,13,15,17H,12,14,16H2,1H3. The second-order valence-electron chi connectivity index (χ2n) is 7.80. The minimum absolute atomic E-state index is 0.223. The molecule has 0 saturated heterocycles. The van der Waals surface area contributed by atoms with Crippen LogP contribution in [0.1, 0.15) is 23.7 Å². The molecular weight excluding hydrogens is 436 g/mol. The fourth-order valence-corrected chi connectivity index (χ4v) is 5.00. The zero-order valence-electron chi connectivity index (χ0n) is 18.0. The van der Waals surface area contributed by atoms with E-state index in [-0.39, 0.29) is 18.1 Å². The van der Waals surface area contributed by atoms with E-state index in [0.29, 0.717) is 17.4 Å². The van der Waals surface area contributed by atoms with Crippen molar-refractivity contribution in [2.45, 2.75) is 23.5 Å². The topological polar surface area (TPSA) is 76.8 Å². The van der Waals surface area contributed by atoms with Crippen LogP contribution in [0.5, 0.6) is 0 Å². The molecule has 166 valence electrons. The lowest BCUT2D eigenvalue weighted by Crippen LogP contribution is -2.35. The molecule has 0 N–H and O–H groups in total. The SMILES string of the molecule is CC1CCN(C(=O)COC(=O)c2cnn3c(-c4ccccc4)ccnc23)c2ccccc2S1. The smallest absolute Gasteiger partial charge is 0.344 e. The van der Waals surface area contributed by atoms with Crippen LogP contribution in [0.4, 0.5) is 5.69 Å². The second-order valence-corrected chi connectivity index (χ2v) is 9.28. The van der Waals surface area contributed by atoms with Crippen molar-refractivity contribution in [2.75, 3.05) is 18.1 Å². The van der Waals surface area contributed by atoms with Crippen molar-refractivity contribution in [3.63, 3.8) is 0 Å². The Kier molecular flexibility index (Phi) is 5.83. The summed E-state index contributed by atoms with van der Waals surface area (Å²) in [5.74, 6) is -0.873. The number of anilines is 1. The summed E-state index contributed by atoms with van der Waals surface area (Å²) < 4.78 is 7.02. The number of hydrogen-bond acceptors (Lipinski definition) is 6.